The van der Waals surface area contributed by atoms with Crippen LogP contribution in [0.3, 0.4) is 0 Å². The maximum absolute atomic E-state index is 12.7. The van der Waals surface area contributed by atoms with E-state index >= 15 is 0 Å². The minimum Gasteiger partial charge on any atom is -0.479 e. The Kier molecular flexibility index (Phi) is 5.30. The van der Waals surface area contributed by atoms with E-state index in [0.29, 0.717) is 12.1 Å². The molecular weight excluding hydrogens is 332 g/mol. The van der Waals surface area contributed by atoms with Gasteiger partial charge in [0.05, 0.1) is 5.92 Å². The highest BCUT2D eigenvalue weighted by molar-refractivity contribution is 5.92. The number of carboxylic acids is 1. The molecule has 2 aliphatic rings. The lowest BCUT2D eigenvalue weighted by atomic mass is 9.96. The van der Waals surface area contributed by atoms with Crippen LogP contribution in [0.4, 0.5) is 0 Å². The molecule has 1 heterocycles. The Morgan fingerprint density at radius 2 is 1.92 bits per heavy atom. The molecule has 1 aliphatic carbocycles. The topological polar surface area (TPSA) is 86.7 Å². The van der Waals surface area contributed by atoms with E-state index in [9.17, 15) is 19.5 Å². The molecule has 1 aromatic carbocycles. The summed E-state index contributed by atoms with van der Waals surface area (Å²) in [7, 11) is 0. The van der Waals surface area contributed by atoms with Crippen LogP contribution < -0.4 is 5.32 Å². The number of carbonyl (C=O) groups excluding carboxylic acids is 2. The van der Waals surface area contributed by atoms with Crippen molar-refractivity contribution < 1.29 is 19.5 Å². The van der Waals surface area contributed by atoms with Gasteiger partial charge >= 0.3 is 5.97 Å². The molecule has 1 saturated carbocycles. The van der Waals surface area contributed by atoms with Crippen molar-refractivity contribution in [1.29, 1.82) is 0 Å². The third-order valence-corrected chi connectivity index (χ3v) is 5.79. The van der Waals surface area contributed by atoms with Crippen LogP contribution >= 0.6 is 0 Å². The lowest BCUT2D eigenvalue weighted by molar-refractivity contribution is -0.142. The lowest BCUT2D eigenvalue weighted by Crippen LogP contribution is -2.40. The molecule has 0 spiro atoms. The van der Waals surface area contributed by atoms with Crippen molar-refractivity contribution in [3.05, 3.63) is 34.9 Å². The lowest BCUT2D eigenvalue weighted by Gasteiger charge is -2.24. The minimum absolute atomic E-state index is 0.00987. The number of nitrogens with one attached hydrogen (secondary N) is 1. The Bertz CT molecular complexity index is 725. The molecule has 6 nitrogen and oxygen atoms in total. The first-order chi connectivity index (χ1) is 12.4. The summed E-state index contributed by atoms with van der Waals surface area (Å²) >= 11 is 0. The predicted octanol–water partition coefficient (Wildman–Crippen LogP) is 2.34. The van der Waals surface area contributed by atoms with Gasteiger partial charge in [-0.15, -0.1) is 0 Å². The maximum Gasteiger partial charge on any atom is 0.330 e. The molecule has 2 atom stereocenters. The number of hydrogen-bond donors (Lipinski definition) is 2. The minimum atomic E-state index is -1.10. The molecule has 2 amide bonds. The summed E-state index contributed by atoms with van der Waals surface area (Å²) in [5, 5.41) is 12.3. The number of nitrogens with zero attached hydrogens (tertiary/aromatic N) is 1. The molecule has 1 aliphatic heterocycles. The van der Waals surface area contributed by atoms with Crippen LogP contribution in [0.25, 0.3) is 0 Å². The van der Waals surface area contributed by atoms with Gasteiger partial charge in [-0.3, -0.25) is 9.59 Å². The van der Waals surface area contributed by atoms with Crippen molar-refractivity contribution in [1.82, 2.24) is 10.2 Å². The van der Waals surface area contributed by atoms with Gasteiger partial charge in [-0.1, -0.05) is 31.0 Å². The SMILES string of the molecule is Cc1cccc(C(NC(=O)C2CC(=O)N(C3CCCC3)C2)C(=O)O)c1C. The Labute approximate surface area is 153 Å². The smallest absolute Gasteiger partial charge is 0.330 e. The number of aryl methyl sites for hydroxylation is 1. The van der Waals surface area contributed by atoms with Gasteiger partial charge in [0.1, 0.15) is 0 Å². The fourth-order valence-electron chi connectivity index (χ4n) is 4.10. The number of benzene rings is 1. The fourth-order valence-corrected chi connectivity index (χ4v) is 4.10. The zero-order valence-electron chi connectivity index (χ0n) is 15.3. The largest absolute Gasteiger partial charge is 0.479 e. The number of carboxylic acid groups (broad SMARTS) is 1. The van der Waals surface area contributed by atoms with Gasteiger partial charge in [0.15, 0.2) is 6.04 Å². The van der Waals surface area contributed by atoms with Crippen molar-refractivity contribution >= 4 is 17.8 Å². The summed E-state index contributed by atoms with van der Waals surface area (Å²) in [6, 6.07) is 4.58. The van der Waals surface area contributed by atoms with E-state index in [1.54, 1.807) is 12.1 Å². The predicted molar refractivity (Wildman–Crippen MR) is 96.5 cm³/mol. The van der Waals surface area contributed by atoms with Gasteiger partial charge in [0, 0.05) is 19.0 Å². The molecule has 2 fully saturated rings. The zero-order valence-corrected chi connectivity index (χ0v) is 15.3. The van der Waals surface area contributed by atoms with Crippen LogP contribution in [-0.2, 0) is 14.4 Å². The van der Waals surface area contributed by atoms with E-state index < -0.39 is 17.9 Å². The first-order valence-electron chi connectivity index (χ1n) is 9.27. The Balaban J connectivity index is 1.72. The summed E-state index contributed by atoms with van der Waals surface area (Å²) in [6.07, 6.45) is 4.42. The Morgan fingerprint density at radius 1 is 1.23 bits per heavy atom. The van der Waals surface area contributed by atoms with Crippen LogP contribution in [0.15, 0.2) is 18.2 Å². The van der Waals surface area contributed by atoms with Crippen LogP contribution in [0.2, 0.25) is 0 Å². The number of hydrogen-bond acceptors (Lipinski definition) is 3. The van der Waals surface area contributed by atoms with Crippen molar-refractivity contribution in [3.8, 4) is 0 Å². The van der Waals surface area contributed by atoms with Gasteiger partial charge in [0.2, 0.25) is 11.8 Å². The molecule has 0 aromatic heterocycles. The second-order valence-corrected chi connectivity index (χ2v) is 7.45. The van der Waals surface area contributed by atoms with Crippen molar-refractivity contribution in [2.75, 3.05) is 6.54 Å². The van der Waals surface area contributed by atoms with E-state index in [-0.39, 0.29) is 24.3 Å². The first-order valence-corrected chi connectivity index (χ1v) is 9.27. The molecule has 2 N–H and O–H groups in total. The number of carbonyl (C=O) groups is 3. The van der Waals surface area contributed by atoms with Gasteiger partial charge in [-0.2, -0.15) is 0 Å². The number of rotatable bonds is 5. The van der Waals surface area contributed by atoms with Gasteiger partial charge < -0.3 is 15.3 Å². The monoisotopic (exact) mass is 358 g/mol. The molecule has 0 bridgehead atoms. The molecule has 26 heavy (non-hydrogen) atoms. The Hall–Kier alpha value is -2.37. The first kappa shape index (κ1) is 18.4. The molecule has 1 aromatic rings. The van der Waals surface area contributed by atoms with E-state index in [4.69, 9.17) is 0 Å². The highest BCUT2D eigenvalue weighted by atomic mass is 16.4. The third kappa shape index (κ3) is 3.59. The quantitative estimate of drug-likeness (QED) is 0.846. The second-order valence-electron chi connectivity index (χ2n) is 7.45. The molecule has 3 rings (SSSR count). The summed E-state index contributed by atoms with van der Waals surface area (Å²) in [5.74, 6) is -1.91. The average molecular weight is 358 g/mol. The van der Waals surface area contributed by atoms with E-state index in [1.807, 2.05) is 24.8 Å². The Morgan fingerprint density at radius 3 is 2.58 bits per heavy atom. The van der Waals surface area contributed by atoms with Crippen molar-refractivity contribution in [2.24, 2.45) is 5.92 Å². The summed E-state index contributed by atoms with van der Waals surface area (Å²) in [6.45, 7) is 4.16. The highest BCUT2D eigenvalue weighted by Gasteiger charge is 2.39. The molecule has 1 saturated heterocycles. The zero-order chi connectivity index (χ0) is 18.8. The standard InChI is InChI=1S/C20H26N2O4/c1-12-6-5-9-16(13(12)2)18(20(25)26)21-19(24)14-10-17(23)22(11-14)15-7-3-4-8-15/h5-6,9,14-15,18H,3-4,7-8,10-11H2,1-2H3,(H,21,24)(H,25,26). The molecule has 140 valence electrons. The normalized spacial score (nSPS) is 21.8. The van der Waals surface area contributed by atoms with Gasteiger partial charge in [-0.05, 0) is 43.4 Å². The van der Waals surface area contributed by atoms with Crippen LogP contribution in [0.5, 0.6) is 0 Å². The van der Waals surface area contributed by atoms with E-state index in [1.165, 1.54) is 0 Å². The summed E-state index contributed by atoms with van der Waals surface area (Å²) in [5.41, 5.74) is 2.42. The summed E-state index contributed by atoms with van der Waals surface area (Å²) in [4.78, 5) is 38.6. The molecular formula is C20H26N2O4. The van der Waals surface area contributed by atoms with E-state index in [2.05, 4.69) is 5.32 Å². The number of amides is 2. The van der Waals surface area contributed by atoms with Crippen LogP contribution in [0, 0.1) is 19.8 Å². The third-order valence-electron chi connectivity index (χ3n) is 5.79. The van der Waals surface area contributed by atoms with Crippen molar-refractivity contribution in [3.63, 3.8) is 0 Å². The molecule has 0 radical (unpaired) electrons. The summed E-state index contributed by atoms with van der Waals surface area (Å²) < 4.78 is 0. The van der Waals surface area contributed by atoms with Gasteiger partial charge in [0.25, 0.3) is 0 Å². The maximum atomic E-state index is 12.7. The van der Waals surface area contributed by atoms with Crippen LogP contribution in [-0.4, -0.2) is 40.4 Å². The fraction of sp³-hybridized carbons (Fsp3) is 0.550. The second kappa shape index (κ2) is 7.48. The van der Waals surface area contributed by atoms with Gasteiger partial charge in [-0.25, -0.2) is 4.79 Å². The molecule has 6 heteroatoms. The van der Waals surface area contributed by atoms with Crippen molar-refractivity contribution in [2.45, 2.75) is 58.0 Å². The number of likely N-dealkylation sites (tertiary alicyclic amines) is 1. The highest BCUT2D eigenvalue weighted by Crippen LogP contribution is 2.30. The van der Waals surface area contributed by atoms with Crippen LogP contribution in [0.1, 0.15) is 54.8 Å². The molecule has 2 unspecified atom stereocenters. The average Bonchev–Trinajstić information content (AvgIpc) is 3.24. The van der Waals surface area contributed by atoms with E-state index in [0.717, 1.165) is 36.8 Å². The number of aliphatic carboxylic acids is 1.